The first-order valence-corrected chi connectivity index (χ1v) is 26.1. The molecule has 6 N–H and O–H groups in total. The van der Waals surface area contributed by atoms with Crippen LogP contribution in [-0.4, -0.2) is 100 Å². The zero-order valence-corrected chi connectivity index (χ0v) is 40.9. The number of aliphatic hydroxyl groups excluding tert-OH is 5. The molecule has 0 aromatic heterocycles. The number of nitrogens with one attached hydrogen (secondary N) is 1. The van der Waals surface area contributed by atoms with Gasteiger partial charge in [0.1, 0.15) is 24.4 Å². The Balaban J connectivity index is 2.20. The van der Waals surface area contributed by atoms with Gasteiger partial charge in [-0.05, 0) is 77.0 Å². The van der Waals surface area contributed by atoms with Crippen LogP contribution in [0, 0.1) is 0 Å². The first-order chi connectivity index (χ1) is 31.7. The molecule has 1 saturated heterocycles. The number of rotatable bonds is 43. The lowest BCUT2D eigenvalue weighted by molar-refractivity contribution is -0.302. The number of carbonyl (C=O) groups excluding carboxylic acids is 2. The number of hydrogen-bond acceptors (Lipinski definition) is 10. The van der Waals surface area contributed by atoms with Gasteiger partial charge in [-0.1, -0.05) is 177 Å². The van der Waals surface area contributed by atoms with Crippen molar-refractivity contribution >= 4 is 11.9 Å². The van der Waals surface area contributed by atoms with Gasteiger partial charge in [-0.3, -0.25) is 9.59 Å². The van der Waals surface area contributed by atoms with E-state index in [0.29, 0.717) is 19.4 Å². The van der Waals surface area contributed by atoms with Crippen LogP contribution < -0.4 is 5.32 Å². The van der Waals surface area contributed by atoms with E-state index in [1.165, 1.54) is 89.9 Å². The highest BCUT2D eigenvalue weighted by Crippen LogP contribution is 2.22. The Kier molecular flexibility index (Phi) is 40.8. The van der Waals surface area contributed by atoms with E-state index in [-0.39, 0.29) is 24.9 Å². The predicted molar refractivity (Wildman–Crippen MR) is 264 cm³/mol. The fourth-order valence-electron chi connectivity index (χ4n) is 7.62. The molecule has 7 unspecified atom stereocenters. The summed E-state index contributed by atoms with van der Waals surface area (Å²) >= 11 is 0. The van der Waals surface area contributed by atoms with E-state index in [4.69, 9.17) is 14.2 Å². The number of allylic oxidation sites excluding steroid dienone is 9. The molecule has 1 fully saturated rings. The van der Waals surface area contributed by atoms with Gasteiger partial charge < -0.3 is 45.1 Å². The highest BCUT2D eigenvalue weighted by Gasteiger charge is 2.44. The lowest BCUT2D eigenvalue weighted by atomic mass is 9.99. The maximum absolute atomic E-state index is 12.9. The monoisotopic (exact) mass is 918 g/mol. The van der Waals surface area contributed by atoms with Gasteiger partial charge in [-0.25, -0.2) is 0 Å². The molecule has 1 rings (SSSR count). The van der Waals surface area contributed by atoms with Crippen molar-refractivity contribution in [2.75, 3.05) is 19.8 Å². The van der Waals surface area contributed by atoms with Crippen LogP contribution in [0.1, 0.15) is 206 Å². The first kappa shape index (κ1) is 60.4. The molecule has 376 valence electrons. The summed E-state index contributed by atoms with van der Waals surface area (Å²) in [7, 11) is 0. The number of carbonyl (C=O) groups is 2. The molecule has 65 heavy (non-hydrogen) atoms. The minimum absolute atomic E-state index is 0.0554. The third kappa shape index (κ3) is 34.3. The molecule has 0 aliphatic carbocycles. The predicted octanol–water partition coefficient (Wildman–Crippen LogP) is 10.7. The van der Waals surface area contributed by atoms with Crippen LogP contribution in [0.15, 0.2) is 60.8 Å². The Morgan fingerprint density at radius 2 is 1.06 bits per heavy atom. The lowest BCUT2D eigenvalue weighted by Gasteiger charge is -2.40. The van der Waals surface area contributed by atoms with Gasteiger partial charge in [0, 0.05) is 12.8 Å². The van der Waals surface area contributed by atoms with Crippen molar-refractivity contribution < 1.29 is 49.3 Å². The van der Waals surface area contributed by atoms with Crippen molar-refractivity contribution in [3.63, 3.8) is 0 Å². The van der Waals surface area contributed by atoms with Crippen LogP contribution in [0.4, 0.5) is 0 Å². The van der Waals surface area contributed by atoms with Gasteiger partial charge in [-0.2, -0.15) is 0 Å². The molecule has 0 spiro atoms. The molecular weight excluding hydrogens is 823 g/mol. The molecule has 11 heteroatoms. The normalized spacial score (nSPS) is 20.3. The second kappa shape index (κ2) is 43.9. The van der Waals surface area contributed by atoms with Gasteiger partial charge in [0.25, 0.3) is 0 Å². The lowest BCUT2D eigenvalue weighted by Crippen LogP contribution is -2.60. The average molecular weight is 918 g/mol. The summed E-state index contributed by atoms with van der Waals surface area (Å²) in [4.78, 5) is 25.0. The van der Waals surface area contributed by atoms with E-state index in [2.05, 4.69) is 55.6 Å². The maximum Gasteiger partial charge on any atom is 0.305 e. The third-order valence-corrected chi connectivity index (χ3v) is 11.9. The van der Waals surface area contributed by atoms with E-state index in [1.807, 2.05) is 18.2 Å². The number of aliphatic hydroxyl groups is 5. The van der Waals surface area contributed by atoms with Crippen molar-refractivity contribution in [1.82, 2.24) is 5.32 Å². The van der Waals surface area contributed by atoms with Crippen LogP contribution in [0.5, 0.6) is 0 Å². The number of amides is 1. The standard InChI is InChI=1S/C54H95NO10/c1-3-5-7-9-11-13-15-16-19-22-26-30-34-38-42-50(59)63-43-39-35-31-27-23-20-17-18-21-25-29-33-37-41-49(58)55-46(45-64-54-53(62)52(61)51(60)48(44-56)65-54)47(57)40-36-32-28-24-14-12-10-8-6-4-2/h9,11,15-16,18,21,29,33,36,40,46-48,51-54,56-57,60-62H,3-8,10,12-14,17,19-20,22-28,30-32,34-35,37-39,41-45H2,1-2H3,(H,55,58)/b11-9-,16-15-,21-18-,33-29-,40-36+. The Bertz CT molecular complexity index is 1270. The first-order valence-electron chi connectivity index (χ1n) is 26.1. The van der Waals surface area contributed by atoms with Crippen LogP contribution in [0.25, 0.3) is 0 Å². The third-order valence-electron chi connectivity index (χ3n) is 11.9. The molecule has 0 saturated carbocycles. The Morgan fingerprint density at radius 1 is 0.569 bits per heavy atom. The van der Waals surface area contributed by atoms with E-state index in [0.717, 1.165) is 83.5 Å². The smallest absolute Gasteiger partial charge is 0.305 e. The molecule has 0 aromatic rings. The summed E-state index contributed by atoms with van der Waals surface area (Å²) in [5, 5.41) is 54.0. The fourth-order valence-corrected chi connectivity index (χ4v) is 7.62. The summed E-state index contributed by atoms with van der Waals surface area (Å²) in [5.74, 6) is -0.322. The van der Waals surface area contributed by atoms with E-state index >= 15 is 0 Å². The van der Waals surface area contributed by atoms with Crippen molar-refractivity contribution in [2.45, 2.75) is 249 Å². The average Bonchev–Trinajstić information content (AvgIpc) is 3.30. The van der Waals surface area contributed by atoms with Gasteiger partial charge in [0.2, 0.25) is 5.91 Å². The summed E-state index contributed by atoms with van der Waals surface area (Å²) in [6, 6.07) is -0.854. The molecule has 0 radical (unpaired) electrons. The second-order valence-electron chi connectivity index (χ2n) is 17.9. The van der Waals surface area contributed by atoms with E-state index in [1.54, 1.807) is 6.08 Å². The molecule has 1 aliphatic rings. The Labute approximate surface area is 395 Å². The quantitative estimate of drug-likeness (QED) is 0.0196. The Hall–Kier alpha value is -2.64. The van der Waals surface area contributed by atoms with E-state index < -0.39 is 49.5 Å². The molecule has 1 aliphatic heterocycles. The molecule has 1 amide bonds. The van der Waals surface area contributed by atoms with Crippen molar-refractivity contribution in [3.05, 3.63) is 60.8 Å². The van der Waals surface area contributed by atoms with Crippen LogP contribution in [-0.2, 0) is 23.8 Å². The number of ether oxygens (including phenoxy) is 3. The minimum atomic E-state index is -1.59. The number of esters is 1. The van der Waals surface area contributed by atoms with Crippen LogP contribution >= 0.6 is 0 Å². The molecule has 0 bridgehead atoms. The molecule has 11 nitrogen and oxygen atoms in total. The number of unbranched alkanes of at least 4 members (excludes halogenated alkanes) is 21. The fraction of sp³-hybridized carbons (Fsp3) is 0.778. The van der Waals surface area contributed by atoms with Gasteiger partial charge in [0.15, 0.2) is 6.29 Å². The maximum atomic E-state index is 12.9. The van der Waals surface area contributed by atoms with Crippen LogP contribution in [0.3, 0.4) is 0 Å². The zero-order valence-electron chi connectivity index (χ0n) is 40.9. The van der Waals surface area contributed by atoms with Crippen molar-refractivity contribution in [3.8, 4) is 0 Å². The van der Waals surface area contributed by atoms with Crippen LogP contribution in [0.2, 0.25) is 0 Å². The highest BCUT2D eigenvalue weighted by atomic mass is 16.7. The zero-order chi connectivity index (χ0) is 47.4. The van der Waals surface area contributed by atoms with Crippen molar-refractivity contribution in [2.24, 2.45) is 0 Å². The molecule has 1 heterocycles. The summed E-state index contributed by atoms with van der Waals surface area (Å²) in [5.41, 5.74) is 0. The number of hydrogen-bond donors (Lipinski definition) is 6. The molecule has 7 atom stereocenters. The molecule has 0 aromatic carbocycles. The van der Waals surface area contributed by atoms with E-state index in [9.17, 15) is 35.1 Å². The highest BCUT2D eigenvalue weighted by molar-refractivity contribution is 5.76. The van der Waals surface area contributed by atoms with Gasteiger partial charge in [0.05, 0.1) is 32.0 Å². The minimum Gasteiger partial charge on any atom is -0.466 e. The summed E-state index contributed by atoms with van der Waals surface area (Å²) < 4.78 is 16.6. The topological polar surface area (TPSA) is 175 Å². The second-order valence-corrected chi connectivity index (χ2v) is 17.9. The largest absolute Gasteiger partial charge is 0.466 e. The molecular formula is C54H95NO10. The van der Waals surface area contributed by atoms with Gasteiger partial charge in [-0.15, -0.1) is 0 Å². The summed E-state index contributed by atoms with van der Waals surface area (Å²) in [6.45, 7) is 4.16. The van der Waals surface area contributed by atoms with Gasteiger partial charge >= 0.3 is 5.97 Å². The summed E-state index contributed by atoms with van der Waals surface area (Å²) in [6.07, 6.45) is 44.6. The Morgan fingerprint density at radius 3 is 1.63 bits per heavy atom. The van der Waals surface area contributed by atoms with Crippen molar-refractivity contribution in [1.29, 1.82) is 0 Å². The SMILES string of the molecule is CCCC/C=C\C/C=C\CCCCCCCC(=O)OCCCCCCCC/C=C\C/C=C\CCC(=O)NC(COC1OC(CO)C(O)C(O)C1O)C(O)/C=C/CCCCCCCCCC.